The molecular formula is C14H21FN2O2S2. The van der Waals surface area contributed by atoms with Gasteiger partial charge in [0.1, 0.15) is 5.82 Å². The van der Waals surface area contributed by atoms with E-state index < -0.39 is 10.0 Å². The molecule has 0 aromatic heterocycles. The van der Waals surface area contributed by atoms with Gasteiger partial charge in [-0.1, -0.05) is 6.92 Å². The average Bonchev–Trinajstić information content (AvgIpc) is 2.44. The Balaban J connectivity index is 2.37. The van der Waals surface area contributed by atoms with Gasteiger partial charge in [0.2, 0.25) is 10.0 Å². The summed E-state index contributed by atoms with van der Waals surface area (Å²) in [6.07, 6.45) is 0. The van der Waals surface area contributed by atoms with Crippen molar-refractivity contribution in [3.63, 3.8) is 0 Å². The van der Waals surface area contributed by atoms with E-state index in [4.69, 9.17) is 0 Å². The molecule has 0 aliphatic carbocycles. The number of halogens is 1. The summed E-state index contributed by atoms with van der Waals surface area (Å²) in [4.78, 5) is 0.167. The molecule has 0 radical (unpaired) electrons. The van der Waals surface area contributed by atoms with E-state index in [0.717, 1.165) is 5.75 Å². The van der Waals surface area contributed by atoms with Crippen LogP contribution in [0.4, 0.5) is 4.39 Å². The predicted molar refractivity (Wildman–Crippen MR) is 84.4 cm³/mol. The zero-order chi connectivity index (χ0) is 15.6. The summed E-state index contributed by atoms with van der Waals surface area (Å²) in [7, 11) is -1.88. The van der Waals surface area contributed by atoms with Crippen LogP contribution in [-0.2, 0) is 16.6 Å². The summed E-state index contributed by atoms with van der Waals surface area (Å²) in [5, 5.41) is 3.10. The molecule has 1 saturated heterocycles. The SMILES string of the molecule is CNCc1cc(S(=O)(=O)N2CCSC(C)C2C)ccc1F. The van der Waals surface area contributed by atoms with Crippen LogP contribution in [0.25, 0.3) is 0 Å². The summed E-state index contributed by atoms with van der Waals surface area (Å²) < 4.78 is 40.8. The van der Waals surface area contributed by atoms with Crippen molar-refractivity contribution in [3.05, 3.63) is 29.6 Å². The van der Waals surface area contributed by atoms with Crippen molar-refractivity contribution in [2.45, 2.75) is 36.6 Å². The lowest BCUT2D eigenvalue weighted by molar-refractivity contribution is 0.340. The number of sulfonamides is 1. The second-order valence-electron chi connectivity index (χ2n) is 5.22. The lowest BCUT2D eigenvalue weighted by Gasteiger charge is -2.36. The number of hydrogen-bond donors (Lipinski definition) is 1. The summed E-state index contributed by atoms with van der Waals surface area (Å²) in [6.45, 7) is 4.76. The van der Waals surface area contributed by atoms with Crippen molar-refractivity contribution in [2.75, 3.05) is 19.3 Å². The molecule has 0 spiro atoms. The van der Waals surface area contributed by atoms with Gasteiger partial charge in [0, 0.05) is 35.7 Å². The minimum atomic E-state index is -3.58. The lowest BCUT2D eigenvalue weighted by Crippen LogP contribution is -2.47. The molecule has 1 N–H and O–H groups in total. The highest BCUT2D eigenvalue weighted by molar-refractivity contribution is 8.00. The Kier molecular flexibility index (Phi) is 5.29. The fourth-order valence-corrected chi connectivity index (χ4v) is 5.46. The molecule has 2 unspecified atom stereocenters. The Morgan fingerprint density at radius 2 is 2.14 bits per heavy atom. The van der Waals surface area contributed by atoms with E-state index in [2.05, 4.69) is 5.32 Å². The van der Waals surface area contributed by atoms with E-state index in [1.165, 1.54) is 22.5 Å². The van der Waals surface area contributed by atoms with Crippen LogP contribution in [0.2, 0.25) is 0 Å². The Morgan fingerprint density at radius 3 is 2.81 bits per heavy atom. The zero-order valence-electron chi connectivity index (χ0n) is 12.5. The Hall–Kier alpha value is -0.630. The molecule has 2 atom stereocenters. The minimum Gasteiger partial charge on any atom is -0.316 e. The van der Waals surface area contributed by atoms with E-state index in [1.54, 1.807) is 18.8 Å². The van der Waals surface area contributed by atoms with Gasteiger partial charge in [-0.05, 0) is 32.2 Å². The molecule has 4 nitrogen and oxygen atoms in total. The average molecular weight is 332 g/mol. The van der Waals surface area contributed by atoms with Gasteiger partial charge in [0.05, 0.1) is 4.90 Å². The van der Waals surface area contributed by atoms with Crippen molar-refractivity contribution in [1.29, 1.82) is 0 Å². The number of nitrogens with zero attached hydrogens (tertiary/aromatic N) is 1. The van der Waals surface area contributed by atoms with Crippen molar-refractivity contribution >= 4 is 21.8 Å². The van der Waals surface area contributed by atoms with Crippen molar-refractivity contribution < 1.29 is 12.8 Å². The normalized spacial score (nSPS) is 24.2. The monoisotopic (exact) mass is 332 g/mol. The first-order valence-corrected chi connectivity index (χ1v) is 9.43. The summed E-state index contributed by atoms with van der Waals surface area (Å²) in [6, 6.07) is 3.95. The molecule has 0 bridgehead atoms. The van der Waals surface area contributed by atoms with Crippen LogP contribution in [0, 0.1) is 5.82 Å². The molecule has 0 amide bonds. The third-order valence-electron chi connectivity index (χ3n) is 3.82. The molecule has 7 heteroatoms. The smallest absolute Gasteiger partial charge is 0.243 e. The molecule has 1 aromatic carbocycles. The third-order valence-corrected chi connectivity index (χ3v) is 7.14. The first-order valence-electron chi connectivity index (χ1n) is 6.94. The number of rotatable bonds is 4. The van der Waals surface area contributed by atoms with Crippen LogP contribution in [0.3, 0.4) is 0 Å². The van der Waals surface area contributed by atoms with E-state index in [0.29, 0.717) is 18.7 Å². The van der Waals surface area contributed by atoms with E-state index in [9.17, 15) is 12.8 Å². The fraction of sp³-hybridized carbons (Fsp3) is 0.571. The second kappa shape index (κ2) is 6.64. The van der Waals surface area contributed by atoms with Crippen LogP contribution in [-0.4, -0.2) is 43.4 Å². The van der Waals surface area contributed by atoms with Gasteiger partial charge in [0.25, 0.3) is 0 Å². The standard InChI is InChI=1S/C14H21FN2O2S2/c1-10-11(2)20-7-6-17(10)21(18,19)13-4-5-14(15)12(8-13)9-16-3/h4-5,8,10-11,16H,6-7,9H2,1-3H3. The largest absolute Gasteiger partial charge is 0.316 e. The van der Waals surface area contributed by atoms with Crippen molar-refractivity contribution in [2.24, 2.45) is 0 Å². The molecule has 0 saturated carbocycles. The molecule has 1 aliphatic rings. The number of hydrogen-bond acceptors (Lipinski definition) is 4. The van der Waals surface area contributed by atoms with E-state index >= 15 is 0 Å². The molecule has 2 rings (SSSR count). The van der Waals surface area contributed by atoms with Gasteiger partial charge in [-0.25, -0.2) is 12.8 Å². The Morgan fingerprint density at radius 1 is 1.43 bits per heavy atom. The highest BCUT2D eigenvalue weighted by Gasteiger charge is 2.35. The molecule has 1 heterocycles. The molecule has 1 fully saturated rings. The van der Waals surface area contributed by atoms with E-state index in [1.807, 2.05) is 13.8 Å². The minimum absolute atomic E-state index is 0.0634. The first-order chi connectivity index (χ1) is 9.87. The van der Waals surface area contributed by atoms with Crippen LogP contribution in [0.5, 0.6) is 0 Å². The molecule has 21 heavy (non-hydrogen) atoms. The van der Waals surface area contributed by atoms with Crippen molar-refractivity contribution in [1.82, 2.24) is 9.62 Å². The Labute approximate surface area is 130 Å². The summed E-state index contributed by atoms with van der Waals surface area (Å²) in [5.74, 6) is 0.397. The van der Waals surface area contributed by atoms with E-state index in [-0.39, 0.29) is 22.0 Å². The first kappa shape index (κ1) is 16.7. The second-order valence-corrected chi connectivity index (χ2v) is 8.59. The summed E-state index contributed by atoms with van der Waals surface area (Å²) >= 11 is 1.78. The highest BCUT2D eigenvalue weighted by atomic mass is 32.2. The van der Waals surface area contributed by atoms with Gasteiger partial charge < -0.3 is 5.32 Å². The summed E-state index contributed by atoms with van der Waals surface area (Å²) in [5.41, 5.74) is 0.366. The number of thioether (sulfide) groups is 1. The van der Waals surface area contributed by atoms with Gasteiger partial charge in [-0.15, -0.1) is 0 Å². The van der Waals surface area contributed by atoms with Gasteiger partial charge in [-0.2, -0.15) is 16.1 Å². The Bertz CT molecular complexity index is 607. The van der Waals surface area contributed by atoms with Crippen LogP contribution in [0.15, 0.2) is 23.1 Å². The molecule has 1 aliphatic heterocycles. The maximum Gasteiger partial charge on any atom is 0.243 e. The quantitative estimate of drug-likeness (QED) is 0.917. The molecular weight excluding hydrogens is 311 g/mol. The predicted octanol–water partition coefficient (Wildman–Crippen LogP) is 2.06. The molecule has 118 valence electrons. The van der Waals surface area contributed by atoms with Gasteiger partial charge >= 0.3 is 0 Å². The zero-order valence-corrected chi connectivity index (χ0v) is 14.1. The molecule has 1 aromatic rings. The van der Waals surface area contributed by atoms with Gasteiger partial charge in [0.15, 0.2) is 0 Å². The topological polar surface area (TPSA) is 49.4 Å². The number of nitrogens with one attached hydrogen (secondary N) is 1. The van der Waals surface area contributed by atoms with Gasteiger partial charge in [-0.3, -0.25) is 0 Å². The van der Waals surface area contributed by atoms with Crippen LogP contribution >= 0.6 is 11.8 Å². The lowest BCUT2D eigenvalue weighted by atomic mass is 10.2. The fourth-order valence-electron chi connectivity index (χ4n) is 2.42. The van der Waals surface area contributed by atoms with Crippen LogP contribution in [0.1, 0.15) is 19.4 Å². The van der Waals surface area contributed by atoms with Crippen LogP contribution < -0.4 is 5.32 Å². The highest BCUT2D eigenvalue weighted by Crippen LogP contribution is 2.29. The maximum atomic E-state index is 13.7. The third kappa shape index (κ3) is 3.41. The maximum absolute atomic E-state index is 13.7. The van der Waals surface area contributed by atoms with Crippen molar-refractivity contribution in [3.8, 4) is 0 Å². The number of benzene rings is 1.